The van der Waals surface area contributed by atoms with Crippen molar-refractivity contribution in [1.82, 2.24) is 0 Å². The van der Waals surface area contributed by atoms with Gasteiger partial charge in [0.1, 0.15) is 11.5 Å². The third-order valence-corrected chi connectivity index (χ3v) is 2.77. The van der Waals surface area contributed by atoms with Crippen molar-refractivity contribution >= 4 is 11.4 Å². The highest BCUT2D eigenvalue weighted by Gasteiger charge is 2.14. The maximum atomic E-state index is 13.6. The van der Waals surface area contributed by atoms with Crippen LogP contribution < -0.4 is 11.1 Å². The largest absolute Gasteiger partial charge is 0.399 e. The van der Waals surface area contributed by atoms with E-state index in [1.165, 1.54) is 12.1 Å². The lowest BCUT2D eigenvalue weighted by atomic mass is 10.1. The van der Waals surface area contributed by atoms with Gasteiger partial charge in [0.2, 0.25) is 0 Å². The Labute approximate surface area is 109 Å². The molecule has 0 fully saturated rings. The number of nitrogens with two attached hydrogens (primary N) is 1. The Kier molecular flexibility index (Phi) is 3.64. The van der Waals surface area contributed by atoms with Crippen LogP contribution in [0.4, 0.5) is 24.5 Å². The molecule has 3 N–H and O–H groups in total. The number of anilines is 2. The number of halogens is 3. The van der Waals surface area contributed by atoms with Gasteiger partial charge in [-0.3, -0.25) is 0 Å². The minimum absolute atomic E-state index is 0.0129. The first-order valence-corrected chi connectivity index (χ1v) is 5.74. The molecular weight excluding hydrogens is 253 g/mol. The van der Waals surface area contributed by atoms with Crippen LogP contribution in [0.5, 0.6) is 0 Å². The zero-order valence-electron chi connectivity index (χ0n) is 10.3. The Balaban J connectivity index is 2.26. The van der Waals surface area contributed by atoms with Crippen molar-refractivity contribution in [2.24, 2.45) is 0 Å². The molecule has 0 radical (unpaired) electrons. The molecule has 1 atom stereocenters. The second-order valence-electron chi connectivity index (χ2n) is 4.28. The smallest absolute Gasteiger partial charge is 0.151 e. The molecular formula is C14H13F3N2. The topological polar surface area (TPSA) is 38.0 Å². The van der Waals surface area contributed by atoms with E-state index in [4.69, 9.17) is 5.73 Å². The first-order chi connectivity index (χ1) is 8.97. The molecule has 0 amide bonds. The molecule has 100 valence electrons. The van der Waals surface area contributed by atoms with Crippen LogP contribution in [0.2, 0.25) is 0 Å². The predicted molar refractivity (Wildman–Crippen MR) is 69.2 cm³/mol. The number of hydrogen-bond acceptors (Lipinski definition) is 2. The average molecular weight is 266 g/mol. The molecule has 0 bridgehead atoms. The van der Waals surface area contributed by atoms with Gasteiger partial charge in [0.15, 0.2) is 11.6 Å². The fraction of sp³-hybridized carbons (Fsp3) is 0.143. The molecule has 1 unspecified atom stereocenters. The summed E-state index contributed by atoms with van der Waals surface area (Å²) in [4.78, 5) is 0. The van der Waals surface area contributed by atoms with Crippen molar-refractivity contribution < 1.29 is 13.2 Å². The van der Waals surface area contributed by atoms with Crippen LogP contribution in [0, 0.1) is 17.5 Å². The molecule has 0 aliphatic heterocycles. The maximum Gasteiger partial charge on any atom is 0.151 e. The van der Waals surface area contributed by atoms with Gasteiger partial charge in [-0.05, 0) is 36.8 Å². The van der Waals surface area contributed by atoms with Crippen molar-refractivity contribution in [3.05, 3.63) is 59.4 Å². The summed E-state index contributed by atoms with van der Waals surface area (Å²) in [6.07, 6.45) is 0. The molecule has 0 heterocycles. The van der Waals surface area contributed by atoms with Crippen LogP contribution in [-0.2, 0) is 0 Å². The van der Waals surface area contributed by atoms with E-state index < -0.39 is 23.5 Å². The number of benzene rings is 2. The molecule has 2 nitrogen and oxygen atoms in total. The van der Waals surface area contributed by atoms with Gasteiger partial charge in [0.25, 0.3) is 0 Å². The first kappa shape index (κ1) is 13.3. The summed E-state index contributed by atoms with van der Waals surface area (Å²) < 4.78 is 40.3. The second kappa shape index (κ2) is 5.22. The molecule has 2 rings (SSSR count). The Morgan fingerprint density at radius 1 is 1.05 bits per heavy atom. The summed E-state index contributed by atoms with van der Waals surface area (Å²) in [6.45, 7) is 1.68. The van der Waals surface area contributed by atoms with Crippen molar-refractivity contribution in [3.63, 3.8) is 0 Å². The molecule has 2 aromatic rings. The quantitative estimate of drug-likeness (QED) is 0.828. The third kappa shape index (κ3) is 2.99. The van der Waals surface area contributed by atoms with Gasteiger partial charge >= 0.3 is 0 Å². The summed E-state index contributed by atoms with van der Waals surface area (Å²) in [5.74, 6) is -1.95. The molecule has 0 saturated carbocycles. The Morgan fingerprint density at radius 3 is 2.26 bits per heavy atom. The lowest BCUT2D eigenvalue weighted by Crippen LogP contribution is -2.10. The Morgan fingerprint density at radius 2 is 1.68 bits per heavy atom. The highest BCUT2D eigenvalue weighted by molar-refractivity contribution is 5.55. The van der Waals surface area contributed by atoms with E-state index >= 15 is 0 Å². The molecule has 2 aromatic carbocycles. The van der Waals surface area contributed by atoms with E-state index in [1.807, 2.05) is 0 Å². The van der Waals surface area contributed by atoms with Crippen LogP contribution in [0.3, 0.4) is 0 Å². The standard InChI is InChI=1S/C14H13F3N2/c1-8(9-3-2-4-10(15)5-9)19-14-12(16)6-11(18)7-13(14)17/h2-8,19H,18H2,1H3. The zero-order valence-corrected chi connectivity index (χ0v) is 10.3. The van der Waals surface area contributed by atoms with E-state index in [1.54, 1.807) is 19.1 Å². The van der Waals surface area contributed by atoms with E-state index in [-0.39, 0.29) is 11.4 Å². The van der Waals surface area contributed by atoms with Crippen molar-refractivity contribution in [3.8, 4) is 0 Å². The van der Waals surface area contributed by atoms with Gasteiger partial charge in [0.05, 0.1) is 0 Å². The fourth-order valence-corrected chi connectivity index (χ4v) is 1.81. The molecule has 0 spiro atoms. The average Bonchev–Trinajstić information content (AvgIpc) is 2.33. The maximum absolute atomic E-state index is 13.6. The van der Waals surface area contributed by atoms with E-state index in [9.17, 15) is 13.2 Å². The van der Waals surface area contributed by atoms with Crippen LogP contribution in [0.25, 0.3) is 0 Å². The number of hydrogen-bond donors (Lipinski definition) is 2. The highest BCUT2D eigenvalue weighted by atomic mass is 19.1. The fourth-order valence-electron chi connectivity index (χ4n) is 1.81. The normalized spacial score (nSPS) is 12.2. The van der Waals surface area contributed by atoms with Gasteiger partial charge in [-0.15, -0.1) is 0 Å². The van der Waals surface area contributed by atoms with Crippen molar-refractivity contribution in [2.75, 3.05) is 11.1 Å². The lowest BCUT2D eigenvalue weighted by molar-refractivity contribution is 0.585. The lowest BCUT2D eigenvalue weighted by Gasteiger charge is -2.17. The third-order valence-electron chi connectivity index (χ3n) is 2.77. The summed E-state index contributed by atoms with van der Waals surface area (Å²) in [6, 6.07) is 7.45. The second-order valence-corrected chi connectivity index (χ2v) is 4.28. The van der Waals surface area contributed by atoms with Crippen molar-refractivity contribution in [2.45, 2.75) is 13.0 Å². The molecule has 19 heavy (non-hydrogen) atoms. The molecule has 0 aromatic heterocycles. The minimum atomic E-state index is -0.777. The summed E-state index contributed by atoms with van der Waals surface area (Å²) in [5.41, 5.74) is 5.67. The highest BCUT2D eigenvalue weighted by Crippen LogP contribution is 2.26. The Bertz CT molecular complexity index is 576. The first-order valence-electron chi connectivity index (χ1n) is 5.74. The minimum Gasteiger partial charge on any atom is -0.399 e. The molecule has 0 aliphatic carbocycles. The Hall–Kier alpha value is -2.17. The van der Waals surface area contributed by atoms with Gasteiger partial charge in [-0.2, -0.15) is 0 Å². The monoisotopic (exact) mass is 266 g/mol. The van der Waals surface area contributed by atoms with Crippen LogP contribution in [0.1, 0.15) is 18.5 Å². The number of rotatable bonds is 3. The van der Waals surface area contributed by atoms with Crippen molar-refractivity contribution in [1.29, 1.82) is 0 Å². The van der Waals surface area contributed by atoms with E-state index in [2.05, 4.69) is 5.32 Å². The zero-order chi connectivity index (χ0) is 14.0. The summed E-state index contributed by atoms with van der Waals surface area (Å²) in [5, 5.41) is 2.68. The molecule has 0 saturated heterocycles. The van der Waals surface area contributed by atoms with Gasteiger partial charge < -0.3 is 11.1 Å². The molecule has 5 heteroatoms. The predicted octanol–water partition coefficient (Wildman–Crippen LogP) is 3.86. The van der Waals surface area contributed by atoms with Crippen LogP contribution in [0.15, 0.2) is 36.4 Å². The van der Waals surface area contributed by atoms with E-state index in [0.717, 1.165) is 12.1 Å². The van der Waals surface area contributed by atoms with E-state index in [0.29, 0.717) is 5.56 Å². The molecule has 0 aliphatic rings. The van der Waals surface area contributed by atoms with Gasteiger partial charge in [0, 0.05) is 11.7 Å². The van der Waals surface area contributed by atoms with Crippen LogP contribution in [-0.4, -0.2) is 0 Å². The van der Waals surface area contributed by atoms with Gasteiger partial charge in [-0.25, -0.2) is 13.2 Å². The van der Waals surface area contributed by atoms with Crippen LogP contribution >= 0.6 is 0 Å². The SMILES string of the molecule is CC(Nc1c(F)cc(N)cc1F)c1cccc(F)c1. The number of nitrogens with one attached hydrogen (secondary N) is 1. The number of nitrogen functional groups attached to an aromatic ring is 1. The summed E-state index contributed by atoms with van der Waals surface area (Å²) in [7, 11) is 0. The van der Waals surface area contributed by atoms with Gasteiger partial charge in [-0.1, -0.05) is 12.1 Å². The summed E-state index contributed by atoms with van der Waals surface area (Å²) >= 11 is 0.